The molecule has 1 saturated carbocycles. The zero-order chi connectivity index (χ0) is 22.4. The third-order valence-corrected chi connectivity index (χ3v) is 4.95. The Hall–Kier alpha value is -3.35. The molecule has 3 rings (SSSR count). The first-order valence-electron chi connectivity index (χ1n) is 10.4. The summed E-state index contributed by atoms with van der Waals surface area (Å²) >= 11 is 0. The van der Waals surface area contributed by atoms with E-state index in [0.717, 1.165) is 24.0 Å². The van der Waals surface area contributed by atoms with Gasteiger partial charge in [0.1, 0.15) is 5.75 Å². The third-order valence-electron chi connectivity index (χ3n) is 4.95. The van der Waals surface area contributed by atoms with Crippen LogP contribution in [0.3, 0.4) is 0 Å². The lowest BCUT2D eigenvalue weighted by molar-refractivity contribution is -0.149. The van der Waals surface area contributed by atoms with E-state index in [9.17, 15) is 14.4 Å². The minimum Gasteiger partial charge on any atom is -0.482 e. The molecule has 2 amide bonds. The Morgan fingerprint density at radius 1 is 1.06 bits per heavy atom. The van der Waals surface area contributed by atoms with Crippen molar-refractivity contribution in [1.29, 1.82) is 0 Å². The summed E-state index contributed by atoms with van der Waals surface area (Å²) in [5.74, 6) is -0.457. The number of hydrogen-bond donors (Lipinski definition) is 2. The van der Waals surface area contributed by atoms with E-state index in [0.29, 0.717) is 22.9 Å². The normalized spacial score (nSPS) is 12.9. The monoisotopic (exact) mass is 424 g/mol. The topological polar surface area (TPSA) is 93.7 Å². The highest BCUT2D eigenvalue weighted by atomic mass is 16.6. The lowest BCUT2D eigenvalue weighted by Crippen LogP contribution is -2.28. The SMILES string of the molecule is Cc1ccc(C(C)C)cc1OCC(=O)OCC(=O)Nc1ccccc1C(=O)NC1CC1. The van der Waals surface area contributed by atoms with Crippen molar-refractivity contribution >= 4 is 23.5 Å². The van der Waals surface area contributed by atoms with Crippen molar-refractivity contribution in [3.8, 4) is 5.75 Å². The van der Waals surface area contributed by atoms with E-state index in [1.54, 1.807) is 24.3 Å². The first-order chi connectivity index (χ1) is 14.8. The van der Waals surface area contributed by atoms with Gasteiger partial charge in [0.15, 0.2) is 13.2 Å². The first kappa shape index (κ1) is 22.3. The number of aryl methyl sites for hydroxylation is 1. The number of rotatable bonds is 9. The Morgan fingerprint density at radius 3 is 2.52 bits per heavy atom. The van der Waals surface area contributed by atoms with E-state index in [1.165, 1.54) is 0 Å². The lowest BCUT2D eigenvalue weighted by atomic mass is 10.0. The van der Waals surface area contributed by atoms with Gasteiger partial charge in [-0.15, -0.1) is 0 Å². The van der Waals surface area contributed by atoms with E-state index in [-0.39, 0.29) is 18.6 Å². The predicted molar refractivity (Wildman–Crippen MR) is 117 cm³/mol. The third kappa shape index (κ3) is 6.57. The van der Waals surface area contributed by atoms with Crippen molar-refractivity contribution in [2.24, 2.45) is 0 Å². The zero-order valence-corrected chi connectivity index (χ0v) is 18.1. The number of anilines is 1. The average Bonchev–Trinajstić information content (AvgIpc) is 3.55. The smallest absolute Gasteiger partial charge is 0.344 e. The second-order valence-electron chi connectivity index (χ2n) is 7.97. The van der Waals surface area contributed by atoms with E-state index in [4.69, 9.17) is 9.47 Å². The fourth-order valence-corrected chi connectivity index (χ4v) is 2.92. The van der Waals surface area contributed by atoms with Crippen molar-refractivity contribution in [3.05, 3.63) is 59.2 Å². The molecule has 1 aliphatic rings. The zero-order valence-electron chi connectivity index (χ0n) is 18.1. The molecule has 0 bridgehead atoms. The van der Waals surface area contributed by atoms with E-state index in [1.807, 2.05) is 25.1 Å². The van der Waals surface area contributed by atoms with Crippen molar-refractivity contribution in [2.75, 3.05) is 18.5 Å². The van der Waals surface area contributed by atoms with Gasteiger partial charge in [-0.25, -0.2) is 4.79 Å². The second kappa shape index (κ2) is 10.1. The molecule has 7 nitrogen and oxygen atoms in total. The van der Waals surface area contributed by atoms with Gasteiger partial charge in [0.25, 0.3) is 11.8 Å². The van der Waals surface area contributed by atoms with Crippen molar-refractivity contribution < 1.29 is 23.9 Å². The molecule has 0 heterocycles. The van der Waals surface area contributed by atoms with E-state index < -0.39 is 18.5 Å². The average molecular weight is 424 g/mol. The summed E-state index contributed by atoms with van der Waals surface area (Å²) in [6.45, 7) is 5.29. The molecular weight excluding hydrogens is 396 g/mol. The van der Waals surface area contributed by atoms with Crippen LogP contribution in [0.4, 0.5) is 5.69 Å². The van der Waals surface area contributed by atoms with Crippen LogP contribution in [0.1, 0.15) is 54.1 Å². The van der Waals surface area contributed by atoms with Gasteiger partial charge in [-0.2, -0.15) is 0 Å². The molecule has 0 spiro atoms. The molecule has 1 fully saturated rings. The van der Waals surface area contributed by atoms with Crippen molar-refractivity contribution in [1.82, 2.24) is 5.32 Å². The quantitative estimate of drug-likeness (QED) is 0.600. The van der Waals surface area contributed by atoms with Crippen LogP contribution in [0.5, 0.6) is 5.75 Å². The number of carbonyl (C=O) groups excluding carboxylic acids is 3. The summed E-state index contributed by atoms with van der Waals surface area (Å²) in [7, 11) is 0. The van der Waals surface area contributed by atoms with E-state index in [2.05, 4.69) is 24.5 Å². The summed E-state index contributed by atoms with van der Waals surface area (Å²) in [4.78, 5) is 36.5. The van der Waals surface area contributed by atoms with Crippen LogP contribution >= 0.6 is 0 Å². The van der Waals surface area contributed by atoms with Gasteiger partial charge in [-0.1, -0.05) is 38.1 Å². The molecule has 0 radical (unpaired) electrons. The van der Waals surface area contributed by atoms with Gasteiger partial charge in [-0.05, 0) is 55.0 Å². The summed E-state index contributed by atoms with van der Waals surface area (Å²) in [5, 5.41) is 5.51. The first-order valence-corrected chi connectivity index (χ1v) is 10.4. The summed E-state index contributed by atoms with van der Waals surface area (Å²) in [6, 6.07) is 12.8. The molecule has 0 aromatic heterocycles. The fraction of sp³-hybridized carbons (Fsp3) is 0.375. The van der Waals surface area contributed by atoms with Crippen LogP contribution in [-0.4, -0.2) is 37.0 Å². The lowest BCUT2D eigenvalue weighted by Gasteiger charge is -2.13. The summed E-state index contributed by atoms with van der Waals surface area (Å²) in [6.07, 6.45) is 1.94. The Balaban J connectivity index is 1.48. The number of hydrogen-bond acceptors (Lipinski definition) is 5. The molecular formula is C24H28N2O5. The second-order valence-corrected chi connectivity index (χ2v) is 7.97. The Bertz CT molecular complexity index is 966. The van der Waals surface area contributed by atoms with Crippen molar-refractivity contribution in [2.45, 2.75) is 45.6 Å². The predicted octanol–water partition coefficient (Wildman–Crippen LogP) is 3.57. The highest BCUT2D eigenvalue weighted by Crippen LogP contribution is 2.24. The Kier molecular flexibility index (Phi) is 7.28. The molecule has 0 unspecified atom stereocenters. The molecule has 0 atom stereocenters. The number of para-hydroxylation sites is 1. The molecule has 1 aliphatic carbocycles. The molecule has 2 aromatic carbocycles. The van der Waals surface area contributed by atoms with Crippen LogP contribution in [0.2, 0.25) is 0 Å². The maximum atomic E-state index is 12.3. The fourth-order valence-electron chi connectivity index (χ4n) is 2.92. The molecule has 2 N–H and O–H groups in total. The van der Waals surface area contributed by atoms with Crippen LogP contribution in [0.15, 0.2) is 42.5 Å². The number of esters is 1. The molecule has 0 aliphatic heterocycles. The van der Waals surface area contributed by atoms with Crippen LogP contribution < -0.4 is 15.4 Å². The largest absolute Gasteiger partial charge is 0.482 e. The van der Waals surface area contributed by atoms with Crippen molar-refractivity contribution in [3.63, 3.8) is 0 Å². The van der Waals surface area contributed by atoms with Gasteiger partial charge in [0.05, 0.1) is 11.3 Å². The van der Waals surface area contributed by atoms with Crippen LogP contribution in [0, 0.1) is 6.92 Å². The number of carbonyl (C=O) groups is 3. The number of benzene rings is 2. The molecule has 2 aromatic rings. The standard InChI is InChI=1S/C24H28N2O5/c1-15(2)17-9-8-16(3)21(12-17)30-14-23(28)31-13-22(27)26-20-7-5-4-6-19(20)24(29)25-18-10-11-18/h4-9,12,15,18H,10-11,13-14H2,1-3H3,(H,25,29)(H,26,27). The molecule has 31 heavy (non-hydrogen) atoms. The number of amides is 2. The van der Waals surface area contributed by atoms with Gasteiger partial charge in [0.2, 0.25) is 0 Å². The maximum absolute atomic E-state index is 12.3. The minimum absolute atomic E-state index is 0.210. The highest BCUT2D eigenvalue weighted by molar-refractivity contribution is 6.04. The van der Waals surface area contributed by atoms with E-state index >= 15 is 0 Å². The number of nitrogens with one attached hydrogen (secondary N) is 2. The van der Waals surface area contributed by atoms with Gasteiger partial charge >= 0.3 is 5.97 Å². The maximum Gasteiger partial charge on any atom is 0.344 e. The van der Waals surface area contributed by atoms with Gasteiger partial charge < -0.3 is 20.1 Å². The van der Waals surface area contributed by atoms with Crippen LogP contribution in [0.25, 0.3) is 0 Å². The van der Waals surface area contributed by atoms with Gasteiger partial charge in [0, 0.05) is 6.04 Å². The van der Waals surface area contributed by atoms with Crippen LogP contribution in [-0.2, 0) is 14.3 Å². The van der Waals surface area contributed by atoms with Gasteiger partial charge in [-0.3, -0.25) is 9.59 Å². The Labute approximate surface area is 182 Å². The molecule has 0 saturated heterocycles. The number of ether oxygens (including phenoxy) is 2. The molecule has 164 valence electrons. The summed E-state index contributed by atoms with van der Waals surface area (Å²) < 4.78 is 10.6. The minimum atomic E-state index is -0.649. The highest BCUT2D eigenvalue weighted by Gasteiger charge is 2.25. The summed E-state index contributed by atoms with van der Waals surface area (Å²) in [5.41, 5.74) is 2.77. The Morgan fingerprint density at radius 2 is 1.81 bits per heavy atom. The molecule has 7 heteroatoms.